The van der Waals surface area contributed by atoms with E-state index in [0.717, 1.165) is 25.8 Å². The van der Waals surface area contributed by atoms with Gasteiger partial charge in [-0.05, 0) is 31.7 Å². The molecule has 1 aromatic rings. The van der Waals surface area contributed by atoms with Crippen LogP contribution in [-0.4, -0.2) is 30.7 Å². The van der Waals surface area contributed by atoms with Crippen LogP contribution >= 0.6 is 0 Å². The first kappa shape index (κ1) is 12.0. The van der Waals surface area contributed by atoms with Gasteiger partial charge in [0.2, 0.25) is 0 Å². The second-order valence-electron chi connectivity index (χ2n) is 4.65. The number of ether oxygens (including phenoxy) is 1. The van der Waals surface area contributed by atoms with Crippen LogP contribution in [0.15, 0.2) is 24.3 Å². The van der Waals surface area contributed by atoms with Gasteiger partial charge in [0.15, 0.2) is 0 Å². The van der Waals surface area contributed by atoms with Crippen LogP contribution in [0.4, 0.5) is 4.79 Å². The molecule has 1 fully saturated rings. The molecule has 1 aliphatic heterocycles. The van der Waals surface area contributed by atoms with Gasteiger partial charge in [-0.15, -0.1) is 0 Å². The minimum Gasteiger partial charge on any atom is -0.453 e. The van der Waals surface area contributed by atoms with Crippen LogP contribution in [0.1, 0.15) is 24.0 Å². The van der Waals surface area contributed by atoms with Gasteiger partial charge in [0.1, 0.15) is 0 Å². The highest BCUT2D eigenvalue weighted by Gasteiger charge is 2.29. The number of hydrogen-bond donors (Lipinski definition) is 0. The summed E-state index contributed by atoms with van der Waals surface area (Å²) < 4.78 is 4.81. The van der Waals surface area contributed by atoms with Crippen molar-refractivity contribution in [2.24, 2.45) is 0 Å². The highest BCUT2D eigenvalue weighted by Crippen LogP contribution is 2.22. The monoisotopic (exact) mass is 233 g/mol. The molecule has 3 nitrogen and oxygen atoms in total. The fourth-order valence-corrected chi connectivity index (χ4v) is 2.40. The second-order valence-corrected chi connectivity index (χ2v) is 4.65. The van der Waals surface area contributed by atoms with Crippen LogP contribution in [0.2, 0.25) is 0 Å². The molecule has 1 atom stereocenters. The van der Waals surface area contributed by atoms with Crippen molar-refractivity contribution in [1.82, 2.24) is 4.90 Å². The molecular weight excluding hydrogens is 214 g/mol. The number of carbonyl (C=O) groups excluding carboxylic acids is 1. The van der Waals surface area contributed by atoms with Gasteiger partial charge in [0.05, 0.1) is 7.11 Å². The maximum atomic E-state index is 11.6. The number of aryl methyl sites for hydroxylation is 1. The van der Waals surface area contributed by atoms with Crippen molar-refractivity contribution >= 4 is 6.09 Å². The van der Waals surface area contributed by atoms with Crippen LogP contribution < -0.4 is 0 Å². The molecule has 92 valence electrons. The molecule has 1 amide bonds. The SMILES string of the molecule is COC(=O)N1CCCC1Cc1ccc(C)cc1. The minimum absolute atomic E-state index is 0.195. The highest BCUT2D eigenvalue weighted by molar-refractivity contribution is 5.68. The Morgan fingerprint density at radius 1 is 1.41 bits per heavy atom. The van der Waals surface area contributed by atoms with Crippen molar-refractivity contribution in [3.05, 3.63) is 35.4 Å². The number of likely N-dealkylation sites (tertiary alicyclic amines) is 1. The van der Waals surface area contributed by atoms with Gasteiger partial charge in [-0.1, -0.05) is 29.8 Å². The third-order valence-corrected chi connectivity index (χ3v) is 3.38. The zero-order chi connectivity index (χ0) is 12.3. The smallest absolute Gasteiger partial charge is 0.409 e. The van der Waals surface area contributed by atoms with Crippen molar-refractivity contribution in [3.8, 4) is 0 Å². The lowest BCUT2D eigenvalue weighted by Gasteiger charge is -2.23. The maximum absolute atomic E-state index is 11.6. The topological polar surface area (TPSA) is 29.5 Å². The first-order chi connectivity index (χ1) is 8.20. The van der Waals surface area contributed by atoms with Gasteiger partial charge < -0.3 is 9.64 Å². The van der Waals surface area contributed by atoms with Crippen LogP contribution in [0.5, 0.6) is 0 Å². The van der Waals surface area contributed by atoms with E-state index in [9.17, 15) is 4.79 Å². The lowest BCUT2D eigenvalue weighted by Crippen LogP contribution is -2.36. The summed E-state index contributed by atoms with van der Waals surface area (Å²) in [6.45, 7) is 2.91. The number of methoxy groups -OCH3 is 1. The van der Waals surface area contributed by atoms with Crippen LogP contribution in [0.3, 0.4) is 0 Å². The molecule has 0 saturated carbocycles. The number of amides is 1. The van der Waals surface area contributed by atoms with Crippen molar-refractivity contribution in [2.75, 3.05) is 13.7 Å². The average molecular weight is 233 g/mol. The molecule has 1 aromatic carbocycles. The average Bonchev–Trinajstić information content (AvgIpc) is 2.79. The van der Waals surface area contributed by atoms with E-state index in [1.807, 2.05) is 4.90 Å². The van der Waals surface area contributed by atoms with Crippen molar-refractivity contribution in [3.63, 3.8) is 0 Å². The predicted octanol–water partition coefficient (Wildman–Crippen LogP) is 2.77. The van der Waals surface area contributed by atoms with E-state index in [2.05, 4.69) is 31.2 Å². The molecule has 1 unspecified atom stereocenters. The van der Waals surface area contributed by atoms with E-state index in [1.165, 1.54) is 18.2 Å². The Labute approximate surface area is 102 Å². The summed E-state index contributed by atoms with van der Waals surface area (Å²) in [7, 11) is 1.45. The van der Waals surface area contributed by atoms with Gasteiger partial charge in [0.25, 0.3) is 0 Å². The lowest BCUT2D eigenvalue weighted by atomic mass is 10.0. The zero-order valence-electron chi connectivity index (χ0n) is 10.5. The zero-order valence-corrected chi connectivity index (χ0v) is 10.5. The predicted molar refractivity (Wildman–Crippen MR) is 67.0 cm³/mol. The van der Waals surface area contributed by atoms with E-state index in [1.54, 1.807) is 0 Å². The minimum atomic E-state index is -0.195. The summed E-state index contributed by atoms with van der Waals surface area (Å²) in [4.78, 5) is 13.4. The Morgan fingerprint density at radius 3 is 2.76 bits per heavy atom. The maximum Gasteiger partial charge on any atom is 0.409 e. The number of hydrogen-bond acceptors (Lipinski definition) is 2. The van der Waals surface area contributed by atoms with Crippen molar-refractivity contribution < 1.29 is 9.53 Å². The quantitative estimate of drug-likeness (QED) is 0.786. The third kappa shape index (κ3) is 2.78. The fraction of sp³-hybridized carbons (Fsp3) is 0.500. The molecule has 1 saturated heterocycles. The molecule has 1 aliphatic rings. The first-order valence-electron chi connectivity index (χ1n) is 6.11. The van der Waals surface area contributed by atoms with Crippen LogP contribution in [0.25, 0.3) is 0 Å². The summed E-state index contributed by atoms with van der Waals surface area (Å²) in [6, 6.07) is 8.82. The molecule has 1 heterocycles. The van der Waals surface area contributed by atoms with E-state index in [0.29, 0.717) is 6.04 Å². The highest BCUT2D eigenvalue weighted by atomic mass is 16.5. The van der Waals surface area contributed by atoms with Crippen LogP contribution in [0, 0.1) is 6.92 Å². The number of nitrogens with zero attached hydrogens (tertiary/aromatic N) is 1. The molecule has 0 bridgehead atoms. The standard InChI is InChI=1S/C14H19NO2/c1-11-5-7-12(8-6-11)10-13-4-3-9-15(13)14(16)17-2/h5-8,13H,3-4,9-10H2,1-2H3. The Bertz CT molecular complexity index is 386. The molecular formula is C14H19NO2. The van der Waals surface area contributed by atoms with Crippen molar-refractivity contribution in [1.29, 1.82) is 0 Å². The fourth-order valence-electron chi connectivity index (χ4n) is 2.40. The van der Waals surface area contributed by atoms with Gasteiger partial charge in [0, 0.05) is 12.6 Å². The van der Waals surface area contributed by atoms with Crippen molar-refractivity contribution in [2.45, 2.75) is 32.2 Å². The summed E-state index contributed by atoms with van der Waals surface area (Å²) in [6.07, 6.45) is 2.88. The summed E-state index contributed by atoms with van der Waals surface area (Å²) in [5.41, 5.74) is 2.56. The molecule has 17 heavy (non-hydrogen) atoms. The van der Waals surface area contributed by atoms with E-state index in [4.69, 9.17) is 4.74 Å². The molecule has 0 radical (unpaired) electrons. The first-order valence-corrected chi connectivity index (χ1v) is 6.11. The Hall–Kier alpha value is -1.51. The van der Waals surface area contributed by atoms with E-state index >= 15 is 0 Å². The Balaban J connectivity index is 2.02. The van der Waals surface area contributed by atoms with E-state index < -0.39 is 0 Å². The second kappa shape index (κ2) is 5.21. The molecule has 0 spiro atoms. The molecule has 3 heteroatoms. The number of benzene rings is 1. The third-order valence-electron chi connectivity index (χ3n) is 3.38. The summed E-state index contributed by atoms with van der Waals surface area (Å²) in [5, 5.41) is 0. The van der Waals surface area contributed by atoms with E-state index in [-0.39, 0.29) is 6.09 Å². The summed E-state index contributed by atoms with van der Waals surface area (Å²) in [5.74, 6) is 0. The molecule has 0 aliphatic carbocycles. The Morgan fingerprint density at radius 2 is 2.12 bits per heavy atom. The lowest BCUT2D eigenvalue weighted by molar-refractivity contribution is 0.119. The normalized spacial score (nSPS) is 19.4. The molecule has 0 N–H and O–H groups in total. The van der Waals surface area contributed by atoms with Gasteiger partial charge >= 0.3 is 6.09 Å². The molecule has 0 aromatic heterocycles. The van der Waals surface area contributed by atoms with Gasteiger partial charge in [-0.2, -0.15) is 0 Å². The van der Waals surface area contributed by atoms with Gasteiger partial charge in [-0.3, -0.25) is 0 Å². The largest absolute Gasteiger partial charge is 0.453 e. The van der Waals surface area contributed by atoms with Crippen LogP contribution in [-0.2, 0) is 11.2 Å². The summed E-state index contributed by atoms with van der Waals surface area (Å²) >= 11 is 0. The molecule has 2 rings (SSSR count). The number of carbonyl (C=O) groups is 1. The Kier molecular flexibility index (Phi) is 3.67. The number of rotatable bonds is 2. The van der Waals surface area contributed by atoms with Gasteiger partial charge in [-0.25, -0.2) is 4.79 Å².